The van der Waals surface area contributed by atoms with E-state index in [9.17, 15) is 4.79 Å². The number of rotatable bonds is 7. The van der Waals surface area contributed by atoms with Crippen molar-refractivity contribution >= 4 is 11.5 Å². The normalized spacial score (nSPS) is 13.4. The maximum absolute atomic E-state index is 12.7. The third kappa shape index (κ3) is 3.83. The molecular formula is C19H28N2O3. The second-order valence-corrected chi connectivity index (χ2v) is 6.28. The molecule has 0 spiro atoms. The molecular weight excluding hydrogens is 304 g/mol. The zero-order valence-electron chi connectivity index (χ0n) is 15.3. The molecule has 5 nitrogen and oxygen atoms in total. The fourth-order valence-corrected chi connectivity index (χ4v) is 2.77. The summed E-state index contributed by atoms with van der Waals surface area (Å²) in [5.41, 5.74) is 2.67. The summed E-state index contributed by atoms with van der Waals surface area (Å²) in [6, 6.07) is 4.18. The van der Waals surface area contributed by atoms with Gasteiger partial charge in [-0.2, -0.15) is 0 Å². The van der Waals surface area contributed by atoms with Crippen molar-refractivity contribution in [3.8, 4) is 11.5 Å². The summed E-state index contributed by atoms with van der Waals surface area (Å²) in [5.74, 6) is 1.29. The van der Waals surface area contributed by atoms with Crippen LogP contribution in [0.3, 0.4) is 0 Å². The van der Waals surface area contributed by atoms with Gasteiger partial charge in [-0.05, 0) is 43.5 Å². The van der Waals surface area contributed by atoms with Crippen LogP contribution in [0.15, 0.2) is 18.3 Å². The molecule has 0 atom stereocenters. The minimum absolute atomic E-state index is 0.0396. The molecule has 0 aliphatic carbocycles. The van der Waals surface area contributed by atoms with E-state index in [1.54, 1.807) is 14.2 Å². The van der Waals surface area contributed by atoms with Crippen molar-refractivity contribution in [1.29, 1.82) is 0 Å². The molecule has 1 aromatic carbocycles. The van der Waals surface area contributed by atoms with Crippen molar-refractivity contribution < 1.29 is 14.3 Å². The molecule has 2 rings (SSSR count). The fraction of sp³-hybridized carbons (Fsp3) is 0.526. The Hall–Kier alpha value is -2.17. The third-order valence-electron chi connectivity index (χ3n) is 4.27. The SMILES string of the molecule is CCCCNC(=O)C1=CN(C(C)C)Cc2cc(OC)c(OC)cc21. The number of hydrogen-bond donors (Lipinski definition) is 1. The number of nitrogens with one attached hydrogen (secondary N) is 1. The monoisotopic (exact) mass is 332 g/mol. The van der Waals surface area contributed by atoms with Crippen LogP contribution in [0.25, 0.3) is 5.57 Å². The largest absolute Gasteiger partial charge is 0.493 e. The van der Waals surface area contributed by atoms with Crippen LogP contribution in [0.2, 0.25) is 0 Å². The second kappa shape index (κ2) is 8.08. The first-order valence-electron chi connectivity index (χ1n) is 8.52. The van der Waals surface area contributed by atoms with E-state index in [0.29, 0.717) is 29.7 Å². The zero-order chi connectivity index (χ0) is 17.7. The van der Waals surface area contributed by atoms with Gasteiger partial charge >= 0.3 is 0 Å². The second-order valence-electron chi connectivity index (χ2n) is 6.28. The molecule has 1 heterocycles. The van der Waals surface area contributed by atoms with Crippen LogP contribution in [-0.2, 0) is 11.3 Å². The van der Waals surface area contributed by atoms with E-state index in [1.165, 1.54) is 0 Å². The molecule has 24 heavy (non-hydrogen) atoms. The van der Waals surface area contributed by atoms with E-state index >= 15 is 0 Å². The van der Waals surface area contributed by atoms with E-state index in [1.807, 2.05) is 18.3 Å². The van der Waals surface area contributed by atoms with Crippen LogP contribution in [0.4, 0.5) is 0 Å². The highest BCUT2D eigenvalue weighted by Gasteiger charge is 2.25. The van der Waals surface area contributed by atoms with Crippen LogP contribution < -0.4 is 14.8 Å². The lowest BCUT2D eigenvalue weighted by Crippen LogP contribution is -2.33. The predicted octanol–water partition coefficient (Wildman–Crippen LogP) is 3.19. The molecule has 0 unspecified atom stereocenters. The zero-order valence-corrected chi connectivity index (χ0v) is 15.3. The standard InChI is InChI=1S/C19H28N2O3/c1-6-7-8-20-19(22)16-12-21(13(2)3)11-14-9-17(23-4)18(24-5)10-15(14)16/h9-10,12-13H,6-8,11H2,1-5H3,(H,20,22). The highest BCUT2D eigenvalue weighted by Crippen LogP contribution is 2.37. The van der Waals surface area contributed by atoms with Gasteiger partial charge in [0.1, 0.15) is 0 Å². The summed E-state index contributed by atoms with van der Waals surface area (Å²) in [5, 5.41) is 3.01. The lowest BCUT2D eigenvalue weighted by molar-refractivity contribution is -0.115. The average Bonchev–Trinajstić information content (AvgIpc) is 2.59. The molecule has 0 aromatic heterocycles. The van der Waals surface area contributed by atoms with Crippen LogP contribution in [0.5, 0.6) is 11.5 Å². The number of unbranched alkanes of at least 4 members (excludes halogenated alkanes) is 1. The molecule has 132 valence electrons. The number of fused-ring (bicyclic) bond motifs is 1. The molecule has 1 N–H and O–H groups in total. The van der Waals surface area contributed by atoms with E-state index in [0.717, 1.165) is 30.5 Å². The number of amides is 1. The maximum atomic E-state index is 12.7. The van der Waals surface area contributed by atoms with Crippen LogP contribution in [0, 0.1) is 0 Å². The molecule has 5 heteroatoms. The Morgan fingerprint density at radius 2 is 1.92 bits per heavy atom. The first-order valence-corrected chi connectivity index (χ1v) is 8.52. The first-order chi connectivity index (χ1) is 11.5. The summed E-state index contributed by atoms with van der Waals surface area (Å²) in [6.07, 6.45) is 3.99. The summed E-state index contributed by atoms with van der Waals surface area (Å²) in [4.78, 5) is 14.8. The number of carbonyl (C=O) groups is 1. The van der Waals surface area contributed by atoms with Crippen molar-refractivity contribution in [1.82, 2.24) is 10.2 Å². The highest BCUT2D eigenvalue weighted by atomic mass is 16.5. The Balaban J connectivity index is 2.42. The Bertz CT molecular complexity index is 623. The van der Waals surface area contributed by atoms with Gasteiger partial charge in [-0.3, -0.25) is 4.79 Å². The topological polar surface area (TPSA) is 50.8 Å². The van der Waals surface area contributed by atoms with Crippen molar-refractivity contribution in [2.45, 2.75) is 46.2 Å². The molecule has 0 fully saturated rings. The Labute approximate surface area is 144 Å². The van der Waals surface area contributed by atoms with Crippen molar-refractivity contribution in [2.24, 2.45) is 0 Å². The van der Waals surface area contributed by atoms with E-state index in [4.69, 9.17) is 9.47 Å². The molecule has 0 bridgehead atoms. The summed E-state index contributed by atoms with van der Waals surface area (Å²) in [6.45, 7) is 7.79. The Kier molecular flexibility index (Phi) is 6.12. The van der Waals surface area contributed by atoms with Crippen molar-refractivity contribution in [3.05, 3.63) is 29.5 Å². The average molecular weight is 332 g/mol. The van der Waals surface area contributed by atoms with Crippen molar-refractivity contribution in [2.75, 3.05) is 20.8 Å². The number of benzene rings is 1. The summed E-state index contributed by atoms with van der Waals surface area (Å²) < 4.78 is 10.8. The van der Waals surface area contributed by atoms with Crippen LogP contribution in [0.1, 0.15) is 44.7 Å². The van der Waals surface area contributed by atoms with Crippen LogP contribution in [-0.4, -0.2) is 37.6 Å². The summed E-state index contributed by atoms with van der Waals surface area (Å²) in [7, 11) is 3.24. The minimum Gasteiger partial charge on any atom is -0.493 e. The van der Waals surface area contributed by atoms with Gasteiger partial charge in [-0.25, -0.2) is 0 Å². The van der Waals surface area contributed by atoms with Gasteiger partial charge in [0.15, 0.2) is 11.5 Å². The van der Waals surface area contributed by atoms with Gasteiger partial charge in [0.2, 0.25) is 0 Å². The number of ether oxygens (including phenoxy) is 2. The van der Waals surface area contributed by atoms with Gasteiger partial charge in [0.25, 0.3) is 5.91 Å². The lowest BCUT2D eigenvalue weighted by atomic mass is 9.94. The number of nitrogens with zero attached hydrogens (tertiary/aromatic N) is 1. The Morgan fingerprint density at radius 1 is 1.25 bits per heavy atom. The van der Waals surface area contributed by atoms with E-state index in [-0.39, 0.29) is 5.91 Å². The summed E-state index contributed by atoms with van der Waals surface area (Å²) >= 11 is 0. The lowest BCUT2D eigenvalue weighted by Gasteiger charge is -2.32. The minimum atomic E-state index is -0.0396. The fourth-order valence-electron chi connectivity index (χ4n) is 2.77. The predicted molar refractivity (Wildman–Crippen MR) is 96.1 cm³/mol. The third-order valence-corrected chi connectivity index (χ3v) is 4.27. The number of hydrogen-bond acceptors (Lipinski definition) is 4. The Morgan fingerprint density at radius 3 is 2.50 bits per heavy atom. The maximum Gasteiger partial charge on any atom is 0.253 e. The number of carbonyl (C=O) groups excluding carboxylic acids is 1. The van der Waals surface area contributed by atoms with Gasteiger partial charge in [0.05, 0.1) is 19.8 Å². The molecule has 0 radical (unpaired) electrons. The number of methoxy groups -OCH3 is 2. The first kappa shape index (κ1) is 18.2. The van der Waals surface area contributed by atoms with Crippen LogP contribution >= 0.6 is 0 Å². The molecule has 1 aromatic rings. The van der Waals surface area contributed by atoms with Gasteiger partial charge in [-0.15, -0.1) is 0 Å². The van der Waals surface area contributed by atoms with Gasteiger partial charge in [0, 0.05) is 25.3 Å². The van der Waals surface area contributed by atoms with Crippen molar-refractivity contribution in [3.63, 3.8) is 0 Å². The quantitative estimate of drug-likeness (QED) is 0.779. The molecule has 1 aliphatic rings. The molecule has 0 saturated carbocycles. The van der Waals surface area contributed by atoms with E-state index < -0.39 is 0 Å². The van der Waals surface area contributed by atoms with Gasteiger partial charge < -0.3 is 19.7 Å². The molecule has 0 saturated heterocycles. The molecule has 1 aliphatic heterocycles. The molecule has 1 amide bonds. The van der Waals surface area contributed by atoms with Gasteiger partial charge in [-0.1, -0.05) is 13.3 Å². The van der Waals surface area contributed by atoms with E-state index in [2.05, 4.69) is 31.0 Å². The smallest absolute Gasteiger partial charge is 0.253 e. The highest BCUT2D eigenvalue weighted by molar-refractivity contribution is 6.20.